The third kappa shape index (κ3) is 3.22. The summed E-state index contributed by atoms with van der Waals surface area (Å²) in [5.41, 5.74) is 2.54. The Balaban J connectivity index is 1.51. The van der Waals surface area contributed by atoms with E-state index in [4.69, 9.17) is 0 Å². The normalized spacial score (nSPS) is 12.0. The van der Waals surface area contributed by atoms with Gasteiger partial charge in [0.1, 0.15) is 0 Å². The maximum Gasteiger partial charge on any atom is 0.254 e. The molecule has 1 atom stereocenters. The molecule has 0 aliphatic carbocycles. The van der Waals surface area contributed by atoms with Crippen molar-refractivity contribution in [3.63, 3.8) is 0 Å². The number of nitrogens with one attached hydrogen (secondary N) is 1. The Hall–Kier alpha value is -3.40. The highest BCUT2D eigenvalue weighted by molar-refractivity contribution is 5.94. The minimum absolute atomic E-state index is 0.0906. The molecule has 0 bridgehead atoms. The van der Waals surface area contributed by atoms with E-state index >= 15 is 0 Å². The minimum Gasteiger partial charge on any atom is -0.345 e. The summed E-state index contributed by atoms with van der Waals surface area (Å²) in [7, 11) is 0. The number of aromatic nitrogens is 2. The first-order valence-electron chi connectivity index (χ1n) is 8.60. The second-order valence-corrected chi connectivity index (χ2v) is 6.31. The lowest BCUT2D eigenvalue weighted by Gasteiger charge is -2.14. The zero-order valence-corrected chi connectivity index (χ0v) is 14.5. The zero-order chi connectivity index (χ0) is 17.9. The molecule has 0 spiro atoms. The van der Waals surface area contributed by atoms with Gasteiger partial charge < -0.3 is 5.32 Å². The van der Waals surface area contributed by atoms with Gasteiger partial charge in [0.05, 0.1) is 23.5 Å². The average molecular weight is 341 g/mol. The molecular formula is C22H19N3O. The lowest BCUT2D eigenvalue weighted by atomic mass is 10.0. The highest BCUT2D eigenvalue weighted by Gasteiger charge is 2.14. The van der Waals surface area contributed by atoms with Crippen molar-refractivity contribution in [1.29, 1.82) is 0 Å². The van der Waals surface area contributed by atoms with Gasteiger partial charge in [0, 0.05) is 6.20 Å². The van der Waals surface area contributed by atoms with Crippen molar-refractivity contribution in [2.75, 3.05) is 0 Å². The van der Waals surface area contributed by atoms with Gasteiger partial charge in [-0.05, 0) is 41.5 Å². The number of para-hydroxylation sites is 1. The molecule has 1 N–H and O–H groups in total. The van der Waals surface area contributed by atoms with E-state index in [1.165, 1.54) is 10.8 Å². The number of carbonyl (C=O) groups is 1. The Morgan fingerprint density at radius 3 is 2.50 bits per heavy atom. The van der Waals surface area contributed by atoms with Crippen molar-refractivity contribution in [3.8, 4) is 5.69 Å². The van der Waals surface area contributed by atoms with Gasteiger partial charge in [-0.1, -0.05) is 54.6 Å². The molecule has 3 aromatic carbocycles. The third-order valence-corrected chi connectivity index (χ3v) is 4.49. The van der Waals surface area contributed by atoms with Crippen LogP contribution in [0.2, 0.25) is 0 Å². The van der Waals surface area contributed by atoms with E-state index in [2.05, 4.69) is 40.7 Å². The summed E-state index contributed by atoms with van der Waals surface area (Å²) in [4.78, 5) is 12.6. The van der Waals surface area contributed by atoms with E-state index in [0.29, 0.717) is 5.56 Å². The van der Waals surface area contributed by atoms with Crippen molar-refractivity contribution < 1.29 is 4.79 Å². The molecule has 128 valence electrons. The van der Waals surface area contributed by atoms with Gasteiger partial charge in [-0.3, -0.25) is 4.79 Å². The maximum absolute atomic E-state index is 12.6. The highest BCUT2D eigenvalue weighted by atomic mass is 16.1. The number of rotatable bonds is 4. The second-order valence-electron chi connectivity index (χ2n) is 6.31. The quantitative estimate of drug-likeness (QED) is 0.593. The number of carbonyl (C=O) groups excluding carboxylic acids is 1. The molecule has 4 rings (SSSR count). The Morgan fingerprint density at radius 2 is 1.69 bits per heavy atom. The van der Waals surface area contributed by atoms with Crippen LogP contribution in [0.1, 0.15) is 28.9 Å². The molecule has 4 nitrogen and oxygen atoms in total. The summed E-state index contributed by atoms with van der Waals surface area (Å²) in [5.74, 6) is -0.132. The molecule has 0 saturated heterocycles. The fraction of sp³-hybridized carbons (Fsp3) is 0.0909. The minimum atomic E-state index is -0.132. The summed E-state index contributed by atoms with van der Waals surface area (Å²) in [5, 5.41) is 9.70. The van der Waals surface area contributed by atoms with Crippen LogP contribution in [0, 0.1) is 0 Å². The predicted molar refractivity (Wildman–Crippen MR) is 103 cm³/mol. The molecule has 0 aliphatic heterocycles. The standard InChI is InChI=1S/C22H19N3O/c1-16(18-12-11-17-7-5-6-8-19(17)13-18)24-22(26)20-14-23-25(15-20)21-9-3-2-4-10-21/h2-16H,1H3,(H,24,26). The fourth-order valence-corrected chi connectivity index (χ4v) is 3.00. The Labute approximate surface area is 152 Å². The van der Waals surface area contributed by atoms with Gasteiger partial charge >= 0.3 is 0 Å². The molecule has 4 aromatic rings. The Kier molecular flexibility index (Phi) is 4.23. The van der Waals surface area contributed by atoms with Crippen LogP contribution in [-0.4, -0.2) is 15.7 Å². The topological polar surface area (TPSA) is 46.9 Å². The van der Waals surface area contributed by atoms with Crippen LogP contribution in [0.5, 0.6) is 0 Å². The lowest BCUT2D eigenvalue weighted by molar-refractivity contribution is 0.0940. The molecule has 1 aromatic heterocycles. The number of fused-ring (bicyclic) bond motifs is 1. The molecule has 1 amide bonds. The van der Waals surface area contributed by atoms with Crippen LogP contribution in [-0.2, 0) is 0 Å². The largest absolute Gasteiger partial charge is 0.345 e. The van der Waals surface area contributed by atoms with Crippen molar-refractivity contribution in [3.05, 3.63) is 96.3 Å². The van der Waals surface area contributed by atoms with E-state index < -0.39 is 0 Å². The predicted octanol–water partition coefficient (Wildman–Crippen LogP) is 4.52. The van der Waals surface area contributed by atoms with E-state index in [0.717, 1.165) is 11.3 Å². The Morgan fingerprint density at radius 1 is 0.962 bits per heavy atom. The van der Waals surface area contributed by atoms with Gasteiger partial charge in [-0.15, -0.1) is 0 Å². The number of hydrogen-bond donors (Lipinski definition) is 1. The first-order valence-corrected chi connectivity index (χ1v) is 8.60. The van der Waals surface area contributed by atoms with Crippen LogP contribution in [0.3, 0.4) is 0 Å². The first-order chi connectivity index (χ1) is 12.7. The monoisotopic (exact) mass is 341 g/mol. The van der Waals surface area contributed by atoms with Crippen LogP contribution >= 0.6 is 0 Å². The summed E-state index contributed by atoms with van der Waals surface area (Å²) >= 11 is 0. The number of amides is 1. The number of nitrogens with zero attached hydrogens (tertiary/aromatic N) is 2. The summed E-state index contributed by atoms with van der Waals surface area (Å²) in [6.07, 6.45) is 3.34. The second kappa shape index (κ2) is 6.84. The van der Waals surface area contributed by atoms with Gasteiger partial charge in [0.15, 0.2) is 0 Å². The van der Waals surface area contributed by atoms with Gasteiger partial charge in [0.2, 0.25) is 0 Å². The zero-order valence-electron chi connectivity index (χ0n) is 14.5. The molecule has 26 heavy (non-hydrogen) atoms. The van der Waals surface area contributed by atoms with Gasteiger partial charge in [0.25, 0.3) is 5.91 Å². The summed E-state index contributed by atoms with van der Waals surface area (Å²) in [6.45, 7) is 1.99. The summed E-state index contributed by atoms with van der Waals surface area (Å²) < 4.78 is 1.70. The van der Waals surface area contributed by atoms with Gasteiger partial charge in [-0.25, -0.2) is 4.68 Å². The van der Waals surface area contributed by atoms with E-state index in [9.17, 15) is 4.79 Å². The van der Waals surface area contributed by atoms with E-state index in [1.807, 2.05) is 49.4 Å². The maximum atomic E-state index is 12.6. The molecule has 0 fully saturated rings. The lowest BCUT2D eigenvalue weighted by Crippen LogP contribution is -2.26. The molecule has 4 heteroatoms. The Bertz CT molecular complexity index is 1050. The van der Waals surface area contributed by atoms with Crippen LogP contribution in [0.25, 0.3) is 16.5 Å². The first kappa shape index (κ1) is 16.1. The van der Waals surface area contributed by atoms with Crippen LogP contribution < -0.4 is 5.32 Å². The molecule has 1 heterocycles. The molecule has 0 aliphatic rings. The average Bonchev–Trinajstić information content (AvgIpc) is 3.18. The smallest absolute Gasteiger partial charge is 0.254 e. The number of hydrogen-bond acceptors (Lipinski definition) is 2. The molecule has 0 radical (unpaired) electrons. The van der Waals surface area contributed by atoms with Crippen molar-refractivity contribution in [1.82, 2.24) is 15.1 Å². The fourth-order valence-electron chi connectivity index (χ4n) is 3.00. The van der Waals surface area contributed by atoms with Crippen molar-refractivity contribution in [2.45, 2.75) is 13.0 Å². The number of benzene rings is 3. The van der Waals surface area contributed by atoms with Crippen molar-refractivity contribution >= 4 is 16.7 Å². The SMILES string of the molecule is CC(NC(=O)c1cnn(-c2ccccc2)c1)c1ccc2ccccc2c1. The summed E-state index contributed by atoms with van der Waals surface area (Å²) in [6, 6.07) is 24.1. The van der Waals surface area contributed by atoms with Crippen molar-refractivity contribution in [2.24, 2.45) is 0 Å². The van der Waals surface area contributed by atoms with Crippen LogP contribution in [0.15, 0.2) is 85.2 Å². The molecule has 1 unspecified atom stereocenters. The van der Waals surface area contributed by atoms with E-state index in [-0.39, 0.29) is 11.9 Å². The van der Waals surface area contributed by atoms with Gasteiger partial charge in [-0.2, -0.15) is 5.10 Å². The third-order valence-electron chi connectivity index (χ3n) is 4.49. The highest BCUT2D eigenvalue weighted by Crippen LogP contribution is 2.20. The molecule has 0 saturated carbocycles. The van der Waals surface area contributed by atoms with Crippen LogP contribution in [0.4, 0.5) is 0 Å². The van der Waals surface area contributed by atoms with E-state index in [1.54, 1.807) is 17.1 Å². The molecular weight excluding hydrogens is 322 g/mol.